The van der Waals surface area contributed by atoms with E-state index in [4.69, 9.17) is 9.47 Å². The smallest absolute Gasteiger partial charge is 0.316 e. The number of nitrogens with zero attached hydrogens (tertiary/aromatic N) is 2. The summed E-state index contributed by atoms with van der Waals surface area (Å²) < 4.78 is 12.9. The number of carbonyl (C=O) groups is 1. The van der Waals surface area contributed by atoms with Crippen LogP contribution in [0, 0.1) is 0 Å². The molecule has 0 N–H and O–H groups in total. The van der Waals surface area contributed by atoms with Gasteiger partial charge in [-0.05, 0) is 59.9 Å². The fourth-order valence-corrected chi connectivity index (χ4v) is 6.12. The number of esters is 1. The van der Waals surface area contributed by atoms with Gasteiger partial charge in [-0.15, -0.1) is 0 Å². The number of aromatic nitrogens is 2. The average molecular weight is 495 g/mol. The van der Waals surface area contributed by atoms with Crippen molar-refractivity contribution in [3.63, 3.8) is 0 Å². The van der Waals surface area contributed by atoms with Gasteiger partial charge in [0, 0.05) is 40.8 Å². The number of hydrogen-bond donors (Lipinski definition) is 0. The molecular formula is C30H26N2O3S. The van der Waals surface area contributed by atoms with E-state index in [2.05, 4.69) is 70.0 Å². The molecule has 0 amide bonds. The van der Waals surface area contributed by atoms with Gasteiger partial charge in [0.1, 0.15) is 5.65 Å². The van der Waals surface area contributed by atoms with E-state index < -0.39 is 5.41 Å². The highest BCUT2D eigenvalue weighted by molar-refractivity contribution is 7.99. The van der Waals surface area contributed by atoms with E-state index in [1.54, 1.807) is 11.8 Å². The Labute approximate surface area is 214 Å². The Morgan fingerprint density at radius 1 is 0.972 bits per heavy atom. The number of pyridine rings is 1. The second-order valence-corrected chi connectivity index (χ2v) is 10.2. The van der Waals surface area contributed by atoms with Crippen LogP contribution in [0.25, 0.3) is 27.7 Å². The Hall–Kier alpha value is -3.61. The lowest BCUT2D eigenvalue weighted by atomic mass is 9.74. The number of methoxy groups -OCH3 is 1. The summed E-state index contributed by atoms with van der Waals surface area (Å²) in [7, 11) is 1.47. The average Bonchev–Trinajstić information content (AvgIpc) is 3.42. The summed E-state index contributed by atoms with van der Waals surface area (Å²) in [5.41, 5.74) is 4.71. The molecule has 6 heteroatoms. The van der Waals surface area contributed by atoms with Gasteiger partial charge >= 0.3 is 5.97 Å². The topological polar surface area (TPSA) is 52.8 Å². The summed E-state index contributed by atoms with van der Waals surface area (Å²) in [6, 6.07) is 27.4. The van der Waals surface area contributed by atoms with E-state index in [1.807, 2.05) is 30.6 Å². The molecule has 5 nitrogen and oxygen atoms in total. The second kappa shape index (κ2) is 9.45. The molecule has 0 atom stereocenters. The fraction of sp³-hybridized carbons (Fsp3) is 0.200. The SMILES string of the molecule is COC(=O)C1(c2cccc(Sc3ccc4c(-c5ccccc5)cc5nccn5c4c3)c2)CCOCC1. The molecule has 0 radical (unpaired) electrons. The maximum Gasteiger partial charge on any atom is 0.316 e. The minimum atomic E-state index is -0.652. The summed E-state index contributed by atoms with van der Waals surface area (Å²) in [4.78, 5) is 19.6. The molecule has 0 spiro atoms. The number of benzene rings is 3. The molecular weight excluding hydrogens is 468 g/mol. The van der Waals surface area contributed by atoms with Crippen molar-refractivity contribution < 1.29 is 14.3 Å². The number of carbonyl (C=O) groups excluding carboxylic acids is 1. The summed E-state index contributed by atoms with van der Waals surface area (Å²) >= 11 is 1.69. The van der Waals surface area contributed by atoms with Crippen LogP contribution in [-0.4, -0.2) is 35.7 Å². The standard InChI is InChI=1S/C30H26N2O3S/c1-34-29(33)30(12-16-35-17-13-30)22-8-5-9-23(18-22)36-24-10-11-25-26(21-6-3-2-4-7-21)20-28-31-14-15-32(28)27(25)19-24/h2-11,14-15,18-20H,12-13,16-17H2,1H3. The number of imidazole rings is 1. The Kier molecular flexibility index (Phi) is 5.99. The maximum absolute atomic E-state index is 12.9. The Morgan fingerprint density at radius 2 is 1.78 bits per heavy atom. The quantitative estimate of drug-likeness (QED) is 0.260. The largest absolute Gasteiger partial charge is 0.468 e. The van der Waals surface area contributed by atoms with Crippen LogP contribution >= 0.6 is 11.8 Å². The zero-order valence-corrected chi connectivity index (χ0v) is 20.8. The van der Waals surface area contributed by atoms with Gasteiger partial charge in [-0.1, -0.05) is 60.3 Å². The molecule has 2 aromatic heterocycles. The number of ether oxygens (including phenoxy) is 2. The minimum Gasteiger partial charge on any atom is -0.468 e. The molecule has 6 rings (SSSR count). The van der Waals surface area contributed by atoms with Crippen LogP contribution in [0.15, 0.2) is 101 Å². The lowest BCUT2D eigenvalue weighted by Gasteiger charge is -2.35. The first-order valence-electron chi connectivity index (χ1n) is 12.1. The van der Waals surface area contributed by atoms with Crippen molar-refractivity contribution in [3.8, 4) is 11.1 Å². The van der Waals surface area contributed by atoms with E-state index in [-0.39, 0.29) is 5.97 Å². The lowest BCUT2D eigenvalue weighted by Crippen LogP contribution is -2.42. The summed E-state index contributed by atoms with van der Waals surface area (Å²) in [5.74, 6) is -0.186. The predicted octanol–water partition coefficient (Wildman–Crippen LogP) is 6.53. The van der Waals surface area contributed by atoms with E-state index in [0.29, 0.717) is 26.1 Å². The van der Waals surface area contributed by atoms with Crippen LogP contribution in [0.5, 0.6) is 0 Å². The number of fused-ring (bicyclic) bond motifs is 3. The minimum absolute atomic E-state index is 0.186. The molecule has 1 saturated heterocycles. The van der Waals surface area contributed by atoms with Gasteiger partial charge in [0.05, 0.1) is 18.0 Å². The Bertz CT molecular complexity index is 1560. The van der Waals surface area contributed by atoms with Gasteiger partial charge in [-0.25, -0.2) is 4.98 Å². The summed E-state index contributed by atoms with van der Waals surface area (Å²) in [5, 5.41) is 1.18. The highest BCUT2D eigenvalue weighted by atomic mass is 32.2. The monoisotopic (exact) mass is 494 g/mol. The highest BCUT2D eigenvalue weighted by Crippen LogP contribution is 2.40. The van der Waals surface area contributed by atoms with Crippen molar-refractivity contribution in [3.05, 3.63) is 96.8 Å². The molecule has 36 heavy (non-hydrogen) atoms. The first kappa shape index (κ1) is 22.8. The lowest BCUT2D eigenvalue weighted by molar-refractivity contribution is -0.151. The van der Waals surface area contributed by atoms with E-state index in [1.165, 1.54) is 23.6 Å². The van der Waals surface area contributed by atoms with Gasteiger partial charge in [-0.3, -0.25) is 9.20 Å². The van der Waals surface area contributed by atoms with Crippen molar-refractivity contribution in [1.82, 2.24) is 9.38 Å². The molecule has 1 aliphatic rings. The van der Waals surface area contributed by atoms with Crippen LogP contribution in [-0.2, 0) is 19.7 Å². The van der Waals surface area contributed by atoms with Crippen LogP contribution in [0.1, 0.15) is 18.4 Å². The molecule has 5 aromatic rings. The number of hydrogen-bond acceptors (Lipinski definition) is 5. The van der Waals surface area contributed by atoms with Gasteiger partial charge in [0.25, 0.3) is 0 Å². The van der Waals surface area contributed by atoms with E-state index in [9.17, 15) is 4.79 Å². The van der Waals surface area contributed by atoms with Crippen molar-refractivity contribution in [2.75, 3.05) is 20.3 Å². The third kappa shape index (κ3) is 3.96. The third-order valence-electron chi connectivity index (χ3n) is 7.09. The summed E-state index contributed by atoms with van der Waals surface area (Å²) in [6.07, 6.45) is 5.11. The van der Waals surface area contributed by atoms with Gasteiger partial charge in [-0.2, -0.15) is 0 Å². The third-order valence-corrected chi connectivity index (χ3v) is 8.07. The number of rotatable bonds is 5. The van der Waals surface area contributed by atoms with E-state index >= 15 is 0 Å². The maximum atomic E-state index is 12.9. The molecule has 0 aliphatic carbocycles. The molecule has 3 heterocycles. The molecule has 0 unspecified atom stereocenters. The molecule has 180 valence electrons. The fourth-order valence-electron chi connectivity index (χ4n) is 5.21. The first-order valence-corrected chi connectivity index (χ1v) is 12.9. The Morgan fingerprint density at radius 3 is 2.58 bits per heavy atom. The van der Waals surface area contributed by atoms with Crippen molar-refractivity contribution in [1.29, 1.82) is 0 Å². The molecule has 3 aromatic carbocycles. The van der Waals surface area contributed by atoms with Crippen molar-refractivity contribution in [2.45, 2.75) is 28.0 Å². The zero-order chi connectivity index (χ0) is 24.5. The normalized spacial score (nSPS) is 15.2. The molecule has 0 bridgehead atoms. The van der Waals surface area contributed by atoms with Crippen LogP contribution in [0.4, 0.5) is 0 Å². The predicted molar refractivity (Wildman–Crippen MR) is 142 cm³/mol. The highest BCUT2D eigenvalue weighted by Gasteiger charge is 2.43. The zero-order valence-electron chi connectivity index (χ0n) is 20.0. The summed E-state index contributed by atoms with van der Waals surface area (Å²) in [6.45, 7) is 1.11. The molecule has 1 aliphatic heterocycles. The second-order valence-electron chi connectivity index (χ2n) is 9.07. The van der Waals surface area contributed by atoms with Gasteiger partial charge < -0.3 is 9.47 Å². The van der Waals surface area contributed by atoms with Crippen molar-refractivity contribution in [2.24, 2.45) is 0 Å². The van der Waals surface area contributed by atoms with Crippen molar-refractivity contribution >= 4 is 34.3 Å². The van der Waals surface area contributed by atoms with Crippen LogP contribution in [0.3, 0.4) is 0 Å². The van der Waals surface area contributed by atoms with Crippen LogP contribution in [0.2, 0.25) is 0 Å². The molecule has 1 fully saturated rings. The first-order chi connectivity index (χ1) is 17.7. The molecule has 0 saturated carbocycles. The Balaban J connectivity index is 1.40. The van der Waals surface area contributed by atoms with Gasteiger partial charge in [0.15, 0.2) is 0 Å². The van der Waals surface area contributed by atoms with E-state index in [0.717, 1.165) is 26.5 Å². The van der Waals surface area contributed by atoms with Crippen LogP contribution < -0.4 is 0 Å². The van der Waals surface area contributed by atoms with Gasteiger partial charge in [0.2, 0.25) is 0 Å².